The molecule has 0 spiro atoms. The fourth-order valence-corrected chi connectivity index (χ4v) is 1.65. The fourth-order valence-electron chi connectivity index (χ4n) is 1.65. The van der Waals surface area contributed by atoms with Crippen LogP contribution in [0.3, 0.4) is 0 Å². The van der Waals surface area contributed by atoms with Crippen LogP contribution >= 0.6 is 0 Å². The maximum Gasteiger partial charge on any atom is 0.307 e. The maximum atomic E-state index is 11.1. The molecule has 1 saturated heterocycles. The predicted molar refractivity (Wildman–Crippen MR) is 46.9 cm³/mol. The van der Waals surface area contributed by atoms with E-state index < -0.39 is 0 Å². The van der Waals surface area contributed by atoms with Gasteiger partial charge in [-0.1, -0.05) is 0 Å². The molecule has 0 unspecified atom stereocenters. The minimum absolute atomic E-state index is 0.0590. The molecule has 1 aliphatic heterocycles. The van der Waals surface area contributed by atoms with Crippen molar-refractivity contribution < 1.29 is 9.53 Å². The minimum atomic E-state index is -0.0590. The number of carbonyl (C=O) groups is 1. The molecular weight excluding hydrogens is 156 g/mol. The van der Waals surface area contributed by atoms with Crippen LogP contribution < -0.4 is 0 Å². The van der Waals surface area contributed by atoms with Crippen molar-refractivity contribution in [2.45, 2.75) is 32.2 Å². The summed E-state index contributed by atoms with van der Waals surface area (Å²) in [4.78, 5) is 13.3. The Balaban J connectivity index is 2.25. The van der Waals surface area contributed by atoms with Crippen molar-refractivity contribution in [3.8, 4) is 0 Å². The van der Waals surface area contributed by atoms with E-state index in [2.05, 4.69) is 11.9 Å². The van der Waals surface area contributed by atoms with E-state index in [4.69, 9.17) is 4.74 Å². The summed E-state index contributed by atoms with van der Waals surface area (Å²) in [6, 6.07) is 0.420. The summed E-state index contributed by atoms with van der Waals surface area (Å²) in [6.45, 7) is 3.45. The molecular formula is C9H17NO2. The SMILES string of the molecule is CCO[13C](=O)[13CH2][C@H]1CCCN1C. The predicted octanol–water partition coefficient (Wildman–Crippen LogP) is 1.03. The molecule has 1 atom stereocenters. The second kappa shape index (κ2) is 4.45. The molecule has 1 aliphatic rings. The van der Waals surface area contributed by atoms with Gasteiger partial charge in [0.25, 0.3) is 0 Å². The molecule has 70 valence electrons. The van der Waals surface area contributed by atoms with E-state index in [1.54, 1.807) is 0 Å². The first-order valence-corrected chi connectivity index (χ1v) is 4.60. The van der Waals surface area contributed by atoms with Crippen molar-refractivity contribution in [1.29, 1.82) is 0 Å². The van der Waals surface area contributed by atoms with Gasteiger partial charge in [-0.05, 0) is 33.4 Å². The van der Waals surface area contributed by atoms with Gasteiger partial charge in [0.15, 0.2) is 0 Å². The second-order valence-electron chi connectivity index (χ2n) is 3.29. The van der Waals surface area contributed by atoms with E-state index in [9.17, 15) is 4.79 Å². The van der Waals surface area contributed by atoms with Gasteiger partial charge in [0.2, 0.25) is 0 Å². The molecule has 3 nitrogen and oxygen atoms in total. The molecule has 0 saturated carbocycles. The Morgan fingerprint density at radius 2 is 2.42 bits per heavy atom. The molecule has 0 radical (unpaired) electrons. The van der Waals surface area contributed by atoms with Gasteiger partial charge in [-0.25, -0.2) is 0 Å². The number of hydrogen-bond acceptors (Lipinski definition) is 3. The molecule has 1 heterocycles. The summed E-state index contributed by atoms with van der Waals surface area (Å²) in [5, 5.41) is 0. The third kappa shape index (κ3) is 2.48. The van der Waals surface area contributed by atoms with E-state index >= 15 is 0 Å². The van der Waals surface area contributed by atoms with Gasteiger partial charge in [0, 0.05) is 6.04 Å². The lowest BCUT2D eigenvalue weighted by Crippen LogP contribution is -2.28. The molecule has 0 aromatic heterocycles. The molecule has 0 amide bonds. The number of esters is 1. The summed E-state index contributed by atoms with van der Waals surface area (Å²) >= 11 is 0. The molecule has 1 fully saturated rings. The van der Waals surface area contributed by atoms with Crippen LogP contribution in [0.15, 0.2) is 0 Å². The summed E-state index contributed by atoms with van der Waals surface area (Å²) in [7, 11) is 2.07. The van der Waals surface area contributed by atoms with Crippen molar-refractivity contribution >= 4 is 5.97 Å². The second-order valence-corrected chi connectivity index (χ2v) is 3.29. The van der Waals surface area contributed by atoms with Crippen LogP contribution in [-0.4, -0.2) is 37.1 Å². The van der Waals surface area contributed by atoms with Crippen LogP contribution in [0, 0.1) is 0 Å². The van der Waals surface area contributed by atoms with E-state index in [-0.39, 0.29) is 5.97 Å². The monoisotopic (exact) mass is 173 g/mol. The smallest absolute Gasteiger partial charge is 0.307 e. The van der Waals surface area contributed by atoms with Crippen LogP contribution in [0.4, 0.5) is 0 Å². The van der Waals surface area contributed by atoms with Gasteiger partial charge >= 0.3 is 5.97 Å². The molecule has 1 rings (SSSR count). The van der Waals surface area contributed by atoms with Crippen LogP contribution in [0.5, 0.6) is 0 Å². The van der Waals surface area contributed by atoms with Gasteiger partial charge in [0.05, 0.1) is 13.0 Å². The maximum absolute atomic E-state index is 11.1. The van der Waals surface area contributed by atoms with Crippen LogP contribution in [-0.2, 0) is 9.53 Å². The van der Waals surface area contributed by atoms with E-state index in [0.29, 0.717) is 19.1 Å². The Labute approximate surface area is 73.7 Å². The lowest BCUT2D eigenvalue weighted by atomic mass is 10.3. The molecule has 0 aromatic carbocycles. The zero-order chi connectivity index (χ0) is 8.97. The van der Waals surface area contributed by atoms with Crippen molar-refractivity contribution in [2.75, 3.05) is 20.2 Å². The van der Waals surface area contributed by atoms with Crippen molar-refractivity contribution in [2.24, 2.45) is 0 Å². The van der Waals surface area contributed by atoms with E-state index in [1.807, 2.05) is 6.92 Å². The Bertz CT molecular complexity index is 159. The van der Waals surface area contributed by atoms with Gasteiger partial charge < -0.3 is 9.64 Å². The first-order valence-electron chi connectivity index (χ1n) is 4.60. The Morgan fingerprint density at radius 1 is 1.67 bits per heavy atom. The first-order chi connectivity index (χ1) is 5.74. The Hall–Kier alpha value is -0.570. The molecule has 0 aromatic rings. The van der Waals surface area contributed by atoms with Gasteiger partial charge in [0.1, 0.15) is 0 Å². The molecule has 0 bridgehead atoms. The zero-order valence-electron chi connectivity index (χ0n) is 7.88. The zero-order valence-corrected chi connectivity index (χ0v) is 7.88. The average molecular weight is 173 g/mol. The highest BCUT2D eigenvalue weighted by molar-refractivity contribution is 5.70. The standard InChI is InChI=1S/C9H17NO2/c1-3-12-9(11)7-8-5-4-6-10(8)2/h8H,3-7H2,1-2H3/t8-/m1/s1/i7+1,9+1. The summed E-state index contributed by atoms with van der Waals surface area (Å²) in [5.41, 5.74) is 0. The summed E-state index contributed by atoms with van der Waals surface area (Å²) in [5.74, 6) is -0.0590. The van der Waals surface area contributed by atoms with E-state index in [1.165, 1.54) is 6.42 Å². The fraction of sp³-hybridized carbons (Fsp3) is 0.889. The van der Waals surface area contributed by atoms with Gasteiger partial charge in [-0.2, -0.15) is 0 Å². The third-order valence-corrected chi connectivity index (χ3v) is 2.38. The van der Waals surface area contributed by atoms with Crippen molar-refractivity contribution in [3.05, 3.63) is 0 Å². The molecule has 0 aliphatic carbocycles. The highest BCUT2D eigenvalue weighted by Crippen LogP contribution is 2.17. The number of likely N-dealkylation sites (tertiary alicyclic amines) is 1. The average Bonchev–Trinajstić information content (AvgIpc) is 2.37. The van der Waals surface area contributed by atoms with Crippen molar-refractivity contribution in [3.63, 3.8) is 0 Å². The number of hydrogen-bond donors (Lipinski definition) is 0. The first kappa shape index (κ1) is 9.52. The lowest BCUT2D eigenvalue weighted by Gasteiger charge is -2.17. The van der Waals surface area contributed by atoms with Crippen LogP contribution in [0.25, 0.3) is 0 Å². The van der Waals surface area contributed by atoms with Crippen LogP contribution in [0.2, 0.25) is 0 Å². The third-order valence-electron chi connectivity index (χ3n) is 2.38. The number of nitrogens with zero attached hydrogens (tertiary/aromatic N) is 1. The quantitative estimate of drug-likeness (QED) is 0.471. The normalized spacial score (nSPS) is 24.3. The molecule has 0 N–H and O–H groups in total. The van der Waals surface area contributed by atoms with Gasteiger partial charge in [-0.3, -0.25) is 4.79 Å². The molecule has 12 heavy (non-hydrogen) atoms. The Morgan fingerprint density at radius 3 is 2.92 bits per heavy atom. The van der Waals surface area contributed by atoms with E-state index in [0.717, 1.165) is 13.0 Å². The van der Waals surface area contributed by atoms with Gasteiger partial charge in [-0.15, -0.1) is 0 Å². The number of rotatable bonds is 3. The highest BCUT2D eigenvalue weighted by Gasteiger charge is 2.23. The lowest BCUT2D eigenvalue weighted by molar-refractivity contribution is -0.144. The topological polar surface area (TPSA) is 29.5 Å². The largest absolute Gasteiger partial charge is 0.466 e. The Kier molecular flexibility index (Phi) is 3.53. The van der Waals surface area contributed by atoms with Crippen LogP contribution in [0.1, 0.15) is 26.2 Å². The molecule has 3 heteroatoms. The number of carbonyl (C=O) groups excluding carboxylic acids is 1. The van der Waals surface area contributed by atoms with Crippen molar-refractivity contribution in [1.82, 2.24) is 4.90 Å². The number of ether oxygens (including phenoxy) is 1. The highest BCUT2D eigenvalue weighted by atomic mass is 16.6. The minimum Gasteiger partial charge on any atom is -0.466 e. The summed E-state index contributed by atoms with van der Waals surface area (Å²) in [6.07, 6.45) is 2.90. The summed E-state index contributed by atoms with van der Waals surface area (Å²) < 4.78 is 4.89.